The molecule has 0 aliphatic rings. The van der Waals surface area contributed by atoms with E-state index in [-0.39, 0.29) is 12.5 Å². The summed E-state index contributed by atoms with van der Waals surface area (Å²) in [5, 5.41) is 6.00. The van der Waals surface area contributed by atoms with Crippen LogP contribution in [0.2, 0.25) is 0 Å². The molecule has 16 heavy (non-hydrogen) atoms. The minimum Gasteiger partial charge on any atom is -0.356 e. The van der Waals surface area contributed by atoms with Gasteiger partial charge in [-0.25, -0.2) is 0 Å². The van der Waals surface area contributed by atoms with Crippen molar-refractivity contribution in [2.24, 2.45) is 5.11 Å². The number of nitrogens with one attached hydrogen (secondary N) is 1. The largest absolute Gasteiger partial charge is 0.356 e. The Kier molecular flexibility index (Phi) is 4.89. The van der Waals surface area contributed by atoms with Crippen molar-refractivity contribution in [1.29, 1.82) is 0 Å². The summed E-state index contributed by atoms with van der Waals surface area (Å²) in [5.41, 5.74) is 10.2. The average Bonchev–Trinajstić information content (AvgIpc) is 2.28. The lowest BCUT2D eigenvalue weighted by molar-refractivity contribution is -0.120. The fourth-order valence-corrected chi connectivity index (χ4v) is 1.24. The summed E-state index contributed by atoms with van der Waals surface area (Å²) in [5.74, 6) is -0.0583. The topological polar surface area (TPSA) is 77.9 Å². The highest BCUT2D eigenvalue weighted by atomic mass is 16.1. The molecule has 1 N–H and O–H groups in total. The molecular weight excluding hydrogens is 204 g/mol. The van der Waals surface area contributed by atoms with Gasteiger partial charge >= 0.3 is 0 Å². The molecule has 0 aliphatic heterocycles. The lowest BCUT2D eigenvalue weighted by Crippen LogP contribution is -2.27. The Morgan fingerprint density at radius 2 is 2.12 bits per heavy atom. The predicted octanol–water partition coefficient (Wildman–Crippen LogP) is 1.96. The molecule has 0 saturated heterocycles. The van der Waals surface area contributed by atoms with Gasteiger partial charge < -0.3 is 5.32 Å². The molecule has 0 heterocycles. The molecular formula is C11H14N4O. The Morgan fingerprint density at radius 1 is 1.44 bits per heavy atom. The number of azide groups is 1. The van der Waals surface area contributed by atoms with Crippen LogP contribution in [0.5, 0.6) is 0 Å². The van der Waals surface area contributed by atoms with Gasteiger partial charge in [-0.3, -0.25) is 4.79 Å². The van der Waals surface area contributed by atoms with Crippen LogP contribution in [0.1, 0.15) is 11.1 Å². The van der Waals surface area contributed by atoms with E-state index in [4.69, 9.17) is 5.53 Å². The number of nitrogens with zero attached hydrogens (tertiary/aromatic N) is 3. The third-order valence-electron chi connectivity index (χ3n) is 2.08. The van der Waals surface area contributed by atoms with Crippen LogP contribution in [0, 0.1) is 6.92 Å². The minimum absolute atomic E-state index is 0.0583. The zero-order valence-corrected chi connectivity index (χ0v) is 9.18. The van der Waals surface area contributed by atoms with Gasteiger partial charge in [0, 0.05) is 18.0 Å². The molecule has 1 aromatic rings. The van der Waals surface area contributed by atoms with E-state index in [1.54, 1.807) is 0 Å². The number of rotatable bonds is 5. The zero-order valence-electron chi connectivity index (χ0n) is 9.18. The third kappa shape index (κ3) is 4.48. The van der Waals surface area contributed by atoms with Crippen molar-refractivity contribution in [1.82, 2.24) is 5.32 Å². The standard InChI is InChI=1S/C11H14N4O/c1-9-2-4-10(5-3-9)8-11(16)13-6-7-14-15-12/h2-5H,6-8H2,1H3,(H,13,16). The highest BCUT2D eigenvalue weighted by Gasteiger charge is 2.01. The Labute approximate surface area is 94.1 Å². The summed E-state index contributed by atoms with van der Waals surface area (Å²) in [6.07, 6.45) is 0.358. The van der Waals surface area contributed by atoms with Crippen molar-refractivity contribution < 1.29 is 4.79 Å². The Balaban J connectivity index is 2.34. The maximum absolute atomic E-state index is 11.4. The molecule has 0 aliphatic carbocycles. The van der Waals surface area contributed by atoms with Crippen molar-refractivity contribution in [3.8, 4) is 0 Å². The van der Waals surface area contributed by atoms with Gasteiger partial charge in [0.2, 0.25) is 5.91 Å². The SMILES string of the molecule is Cc1ccc(CC(=O)NCCN=[N+]=[N-])cc1. The second-order valence-electron chi connectivity index (χ2n) is 3.47. The van der Waals surface area contributed by atoms with E-state index < -0.39 is 0 Å². The van der Waals surface area contributed by atoms with Crippen molar-refractivity contribution in [2.75, 3.05) is 13.1 Å². The first-order valence-electron chi connectivity index (χ1n) is 5.05. The van der Waals surface area contributed by atoms with Crippen LogP contribution in [0.25, 0.3) is 10.4 Å². The summed E-state index contributed by atoms with van der Waals surface area (Å²) >= 11 is 0. The van der Waals surface area contributed by atoms with E-state index in [1.807, 2.05) is 31.2 Å². The number of hydrogen-bond acceptors (Lipinski definition) is 2. The summed E-state index contributed by atoms with van der Waals surface area (Å²) in [7, 11) is 0. The first kappa shape index (κ1) is 12.1. The van der Waals surface area contributed by atoms with Gasteiger partial charge in [-0.2, -0.15) is 0 Å². The van der Waals surface area contributed by atoms with Crippen LogP contribution in [0.15, 0.2) is 29.4 Å². The average molecular weight is 218 g/mol. The monoisotopic (exact) mass is 218 g/mol. The summed E-state index contributed by atoms with van der Waals surface area (Å²) in [4.78, 5) is 14.0. The van der Waals surface area contributed by atoms with Crippen LogP contribution in [-0.2, 0) is 11.2 Å². The fraction of sp³-hybridized carbons (Fsp3) is 0.364. The van der Waals surface area contributed by atoms with Gasteiger partial charge in [0.05, 0.1) is 6.42 Å². The molecule has 0 spiro atoms. The Hall–Kier alpha value is -2.00. The first-order chi connectivity index (χ1) is 7.72. The van der Waals surface area contributed by atoms with Crippen molar-refractivity contribution in [3.05, 3.63) is 45.8 Å². The zero-order chi connectivity index (χ0) is 11.8. The molecule has 0 unspecified atom stereocenters. The molecule has 0 fully saturated rings. The molecule has 5 nitrogen and oxygen atoms in total. The van der Waals surface area contributed by atoms with Crippen LogP contribution in [-0.4, -0.2) is 19.0 Å². The highest BCUT2D eigenvalue weighted by molar-refractivity contribution is 5.78. The summed E-state index contributed by atoms with van der Waals surface area (Å²) in [6.45, 7) is 2.68. The fourth-order valence-electron chi connectivity index (χ4n) is 1.24. The quantitative estimate of drug-likeness (QED) is 0.348. The smallest absolute Gasteiger partial charge is 0.224 e. The van der Waals surface area contributed by atoms with Gasteiger partial charge in [0.15, 0.2) is 0 Å². The lowest BCUT2D eigenvalue weighted by Gasteiger charge is -2.03. The van der Waals surface area contributed by atoms with Crippen LogP contribution in [0.4, 0.5) is 0 Å². The molecule has 1 aromatic carbocycles. The van der Waals surface area contributed by atoms with Gasteiger partial charge in [-0.05, 0) is 18.0 Å². The van der Waals surface area contributed by atoms with E-state index >= 15 is 0 Å². The number of hydrogen-bond donors (Lipinski definition) is 1. The number of amides is 1. The van der Waals surface area contributed by atoms with Crippen molar-refractivity contribution >= 4 is 5.91 Å². The van der Waals surface area contributed by atoms with E-state index in [2.05, 4.69) is 15.3 Å². The molecule has 0 bridgehead atoms. The first-order valence-corrected chi connectivity index (χ1v) is 5.05. The van der Waals surface area contributed by atoms with Gasteiger partial charge in [-0.1, -0.05) is 34.9 Å². The van der Waals surface area contributed by atoms with Crippen LogP contribution >= 0.6 is 0 Å². The molecule has 0 radical (unpaired) electrons. The molecule has 0 saturated carbocycles. The second kappa shape index (κ2) is 6.48. The number of carbonyl (C=O) groups excluding carboxylic acids is 1. The van der Waals surface area contributed by atoms with E-state index in [9.17, 15) is 4.79 Å². The lowest BCUT2D eigenvalue weighted by atomic mass is 10.1. The summed E-state index contributed by atoms with van der Waals surface area (Å²) in [6, 6.07) is 7.82. The number of benzene rings is 1. The third-order valence-corrected chi connectivity index (χ3v) is 2.08. The molecule has 84 valence electrons. The van der Waals surface area contributed by atoms with Gasteiger partial charge in [0.25, 0.3) is 0 Å². The van der Waals surface area contributed by atoms with Crippen LogP contribution in [0.3, 0.4) is 0 Å². The molecule has 1 rings (SSSR count). The predicted molar refractivity (Wildman–Crippen MR) is 61.9 cm³/mol. The highest BCUT2D eigenvalue weighted by Crippen LogP contribution is 2.03. The molecule has 5 heteroatoms. The normalized spacial score (nSPS) is 9.31. The number of aryl methyl sites for hydroxylation is 1. The summed E-state index contributed by atoms with van der Waals surface area (Å²) < 4.78 is 0. The molecule has 0 aromatic heterocycles. The second-order valence-corrected chi connectivity index (χ2v) is 3.47. The van der Waals surface area contributed by atoms with E-state index in [0.717, 1.165) is 5.56 Å². The Morgan fingerprint density at radius 3 is 2.75 bits per heavy atom. The molecule has 1 amide bonds. The van der Waals surface area contributed by atoms with Crippen LogP contribution < -0.4 is 5.32 Å². The van der Waals surface area contributed by atoms with E-state index in [1.165, 1.54) is 5.56 Å². The number of carbonyl (C=O) groups is 1. The minimum atomic E-state index is -0.0583. The van der Waals surface area contributed by atoms with Crippen molar-refractivity contribution in [3.63, 3.8) is 0 Å². The Bertz CT molecular complexity index is 393. The maximum atomic E-state index is 11.4. The molecule has 0 atom stereocenters. The van der Waals surface area contributed by atoms with E-state index in [0.29, 0.717) is 13.0 Å². The van der Waals surface area contributed by atoms with Gasteiger partial charge in [-0.15, -0.1) is 0 Å². The maximum Gasteiger partial charge on any atom is 0.224 e. The van der Waals surface area contributed by atoms with Crippen molar-refractivity contribution in [2.45, 2.75) is 13.3 Å². The van der Waals surface area contributed by atoms with Gasteiger partial charge in [0.1, 0.15) is 0 Å².